The summed E-state index contributed by atoms with van der Waals surface area (Å²) in [5.41, 5.74) is 3.34. The Morgan fingerprint density at radius 2 is 1.83 bits per heavy atom. The number of hydrogen-bond acceptors (Lipinski definition) is 6. The number of anilines is 1. The number of nitrogens with zero attached hydrogens (tertiary/aromatic N) is 5. The van der Waals surface area contributed by atoms with Crippen LogP contribution in [0, 0.1) is 19.7 Å². The zero-order chi connectivity index (χ0) is 21.3. The number of pyridine rings is 1. The molecule has 1 saturated heterocycles. The lowest BCUT2D eigenvalue weighted by Crippen LogP contribution is -2.44. The van der Waals surface area contributed by atoms with Crippen molar-refractivity contribution in [1.29, 1.82) is 0 Å². The van der Waals surface area contributed by atoms with E-state index in [9.17, 15) is 9.18 Å². The van der Waals surface area contributed by atoms with Crippen molar-refractivity contribution in [3.63, 3.8) is 0 Å². The van der Waals surface area contributed by atoms with Gasteiger partial charge in [-0.05, 0) is 44.7 Å². The summed E-state index contributed by atoms with van der Waals surface area (Å²) in [6, 6.07) is 6.37. The van der Waals surface area contributed by atoms with E-state index in [4.69, 9.17) is 0 Å². The largest absolute Gasteiger partial charge is 0.354 e. The first kappa shape index (κ1) is 20.2. The van der Waals surface area contributed by atoms with Gasteiger partial charge in [0, 0.05) is 45.0 Å². The van der Waals surface area contributed by atoms with E-state index < -0.39 is 5.82 Å². The lowest BCUT2D eigenvalue weighted by Gasteiger charge is -2.33. The molecule has 0 bridgehead atoms. The topological polar surface area (TPSA) is 74.2 Å². The minimum absolute atomic E-state index is 0.189. The molecule has 1 amide bonds. The second-order valence-corrected chi connectivity index (χ2v) is 7.71. The average molecular weight is 408 g/mol. The van der Waals surface area contributed by atoms with Crippen LogP contribution in [0.15, 0.2) is 30.5 Å². The Morgan fingerprint density at radius 3 is 2.60 bits per heavy atom. The van der Waals surface area contributed by atoms with Gasteiger partial charge in [0.2, 0.25) is 0 Å². The number of rotatable bonds is 4. The minimum atomic E-state index is -0.508. The molecule has 30 heavy (non-hydrogen) atoms. The Kier molecular flexibility index (Phi) is 5.59. The third-order valence-electron chi connectivity index (χ3n) is 5.48. The van der Waals surface area contributed by atoms with Gasteiger partial charge in [-0.25, -0.2) is 19.3 Å². The molecule has 0 unspecified atom stereocenters. The number of aromatic nitrogens is 3. The van der Waals surface area contributed by atoms with Gasteiger partial charge in [0.15, 0.2) is 0 Å². The number of nitrogens with one attached hydrogen (secondary N) is 1. The Bertz CT molecular complexity index is 1090. The zero-order valence-corrected chi connectivity index (χ0v) is 17.4. The number of benzene rings is 1. The molecule has 0 saturated carbocycles. The number of fused-ring (bicyclic) bond motifs is 1. The number of aryl methyl sites for hydroxylation is 2. The predicted molar refractivity (Wildman–Crippen MR) is 114 cm³/mol. The number of likely N-dealkylation sites (N-methyl/N-ethyl adjacent to an activating group) is 1. The molecule has 1 N–H and O–H groups in total. The number of halogens is 1. The molecule has 1 aliphatic rings. The normalized spacial score (nSPS) is 14.9. The summed E-state index contributed by atoms with van der Waals surface area (Å²) in [5.74, 6) is 0.0181. The monoisotopic (exact) mass is 408 g/mol. The highest BCUT2D eigenvalue weighted by Gasteiger charge is 2.17. The van der Waals surface area contributed by atoms with Gasteiger partial charge in [-0.1, -0.05) is 0 Å². The third kappa shape index (κ3) is 4.23. The third-order valence-corrected chi connectivity index (χ3v) is 5.48. The van der Waals surface area contributed by atoms with Crippen molar-refractivity contribution >= 4 is 22.8 Å². The van der Waals surface area contributed by atoms with Crippen LogP contribution >= 0.6 is 0 Å². The van der Waals surface area contributed by atoms with Gasteiger partial charge in [0.05, 0.1) is 22.5 Å². The molecule has 0 spiro atoms. The molecule has 0 aliphatic carbocycles. The van der Waals surface area contributed by atoms with Gasteiger partial charge in [0.1, 0.15) is 17.2 Å². The number of carbonyl (C=O) groups excluding carboxylic acids is 1. The molecule has 3 aromatic rings. The molecule has 3 heterocycles. The standard InChI is InChI=1S/C22H25FN6O/c1-14-15(2)27-21-18(11-17(23)12-19(21)26-14)22(30)25-13-16-4-5-24-20(10-16)29-8-6-28(3)7-9-29/h4-5,10-12H,6-9,13H2,1-3H3,(H,25,30). The minimum Gasteiger partial charge on any atom is -0.354 e. The first-order valence-corrected chi connectivity index (χ1v) is 10.0. The van der Waals surface area contributed by atoms with E-state index in [0.717, 1.165) is 37.6 Å². The highest BCUT2D eigenvalue weighted by molar-refractivity contribution is 6.04. The SMILES string of the molecule is Cc1nc2cc(F)cc(C(=O)NCc3ccnc(N4CCN(C)CC4)c3)c2nc1C. The van der Waals surface area contributed by atoms with Crippen LogP contribution in [0.2, 0.25) is 0 Å². The van der Waals surface area contributed by atoms with Crippen LogP contribution in [0.25, 0.3) is 11.0 Å². The molecule has 8 heteroatoms. The maximum atomic E-state index is 14.1. The number of carbonyl (C=O) groups is 1. The summed E-state index contributed by atoms with van der Waals surface area (Å²) >= 11 is 0. The van der Waals surface area contributed by atoms with E-state index in [1.165, 1.54) is 12.1 Å². The van der Waals surface area contributed by atoms with Gasteiger partial charge < -0.3 is 15.1 Å². The molecular formula is C22H25FN6O. The summed E-state index contributed by atoms with van der Waals surface area (Å²) in [4.78, 5) is 30.7. The van der Waals surface area contributed by atoms with Crippen molar-refractivity contribution in [1.82, 2.24) is 25.2 Å². The van der Waals surface area contributed by atoms with Gasteiger partial charge in [-0.2, -0.15) is 0 Å². The number of piperazine rings is 1. The smallest absolute Gasteiger partial charge is 0.253 e. The average Bonchev–Trinajstić information content (AvgIpc) is 2.73. The summed E-state index contributed by atoms with van der Waals surface area (Å²) in [7, 11) is 2.11. The van der Waals surface area contributed by atoms with Crippen LogP contribution < -0.4 is 10.2 Å². The van der Waals surface area contributed by atoms with Crippen molar-refractivity contribution < 1.29 is 9.18 Å². The van der Waals surface area contributed by atoms with Crippen LogP contribution in [0.4, 0.5) is 10.2 Å². The van der Waals surface area contributed by atoms with Crippen LogP contribution in [0.3, 0.4) is 0 Å². The van der Waals surface area contributed by atoms with Crippen molar-refractivity contribution in [2.75, 3.05) is 38.1 Å². The summed E-state index contributed by atoms with van der Waals surface area (Å²) < 4.78 is 14.1. The Labute approximate surface area is 175 Å². The van der Waals surface area contributed by atoms with Gasteiger partial charge in [-0.15, -0.1) is 0 Å². The molecule has 1 aromatic carbocycles. The van der Waals surface area contributed by atoms with Crippen molar-refractivity contribution in [3.05, 3.63) is 58.8 Å². The van der Waals surface area contributed by atoms with Crippen LogP contribution in [-0.4, -0.2) is 59.0 Å². The molecule has 1 fully saturated rings. The Morgan fingerprint density at radius 1 is 1.10 bits per heavy atom. The van der Waals surface area contributed by atoms with Crippen LogP contribution in [0.1, 0.15) is 27.3 Å². The molecule has 0 radical (unpaired) electrons. The molecule has 4 rings (SSSR count). The van der Waals surface area contributed by atoms with Crippen molar-refractivity contribution in [3.8, 4) is 0 Å². The van der Waals surface area contributed by atoms with E-state index in [1.54, 1.807) is 6.20 Å². The van der Waals surface area contributed by atoms with E-state index in [-0.39, 0.29) is 11.5 Å². The second kappa shape index (κ2) is 8.31. The number of amides is 1. The molecule has 7 nitrogen and oxygen atoms in total. The second-order valence-electron chi connectivity index (χ2n) is 7.71. The molecular weight excluding hydrogens is 383 g/mol. The molecule has 2 aromatic heterocycles. The van der Waals surface area contributed by atoms with E-state index in [2.05, 4.69) is 37.1 Å². The summed E-state index contributed by atoms with van der Waals surface area (Å²) in [5, 5.41) is 2.88. The molecule has 1 aliphatic heterocycles. The van der Waals surface area contributed by atoms with Gasteiger partial charge in [0.25, 0.3) is 5.91 Å². The van der Waals surface area contributed by atoms with E-state index in [1.807, 2.05) is 26.0 Å². The Hall–Kier alpha value is -3.13. The first-order chi connectivity index (χ1) is 14.4. The maximum Gasteiger partial charge on any atom is 0.253 e. The first-order valence-electron chi connectivity index (χ1n) is 10.0. The lowest BCUT2D eigenvalue weighted by atomic mass is 10.1. The molecule has 156 valence electrons. The van der Waals surface area contributed by atoms with Crippen molar-refractivity contribution in [2.45, 2.75) is 20.4 Å². The van der Waals surface area contributed by atoms with Crippen LogP contribution in [0.5, 0.6) is 0 Å². The predicted octanol–water partition coefficient (Wildman–Crippen LogP) is 2.46. The molecule has 0 atom stereocenters. The Balaban J connectivity index is 1.52. The van der Waals surface area contributed by atoms with Gasteiger partial charge in [-0.3, -0.25) is 4.79 Å². The fraction of sp³-hybridized carbons (Fsp3) is 0.364. The fourth-order valence-electron chi connectivity index (χ4n) is 3.53. The number of hydrogen-bond donors (Lipinski definition) is 1. The van der Waals surface area contributed by atoms with Crippen LogP contribution in [-0.2, 0) is 6.54 Å². The quantitative estimate of drug-likeness (QED) is 0.715. The summed E-state index contributed by atoms with van der Waals surface area (Å²) in [6.45, 7) is 7.79. The lowest BCUT2D eigenvalue weighted by molar-refractivity contribution is 0.0952. The van der Waals surface area contributed by atoms with Gasteiger partial charge >= 0.3 is 0 Å². The van der Waals surface area contributed by atoms with E-state index >= 15 is 0 Å². The highest BCUT2D eigenvalue weighted by Crippen LogP contribution is 2.20. The van der Waals surface area contributed by atoms with Crippen molar-refractivity contribution in [2.24, 2.45) is 0 Å². The van der Waals surface area contributed by atoms with E-state index in [0.29, 0.717) is 29.0 Å². The fourth-order valence-corrected chi connectivity index (χ4v) is 3.53. The highest BCUT2D eigenvalue weighted by atomic mass is 19.1. The summed E-state index contributed by atoms with van der Waals surface area (Å²) in [6.07, 6.45) is 1.75. The maximum absolute atomic E-state index is 14.1. The zero-order valence-electron chi connectivity index (χ0n) is 17.4.